The van der Waals surface area contributed by atoms with Crippen LogP contribution in [0.25, 0.3) is 0 Å². The maximum atomic E-state index is 12.3. The summed E-state index contributed by atoms with van der Waals surface area (Å²) < 4.78 is 0. The normalized spacial score (nSPS) is 29.8. The van der Waals surface area contributed by atoms with Crippen molar-refractivity contribution in [1.29, 1.82) is 0 Å². The summed E-state index contributed by atoms with van der Waals surface area (Å²) >= 11 is 0. The first kappa shape index (κ1) is 15.8. The standard InChI is InChI=1S/C16H30N2O2/c1-13(17-14-6-8-15(19)9-7-14)12-16(20)18-10-4-2-3-5-11-18/h13-15,17,19H,2-12H2,1H3. The van der Waals surface area contributed by atoms with E-state index in [-0.39, 0.29) is 12.1 Å². The number of aliphatic hydroxyl groups excluding tert-OH is 1. The van der Waals surface area contributed by atoms with Crippen molar-refractivity contribution in [2.75, 3.05) is 13.1 Å². The zero-order valence-corrected chi connectivity index (χ0v) is 12.8. The van der Waals surface area contributed by atoms with Gasteiger partial charge in [0.25, 0.3) is 0 Å². The van der Waals surface area contributed by atoms with Crippen LogP contribution in [-0.2, 0) is 4.79 Å². The van der Waals surface area contributed by atoms with Crippen LogP contribution in [0, 0.1) is 0 Å². The average Bonchev–Trinajstić information content (AvgIpc) is 2.70. The Bertz CT molecular complexity index is 293. The van der Waals surface area contributed by atoms with E-state index < -0.39 is 0 Å². The molecule has 1 aliphatic heterocycles. The SMILES string of the molecule is CC(CC(=O)N1CCCCCC1)NC1CCC(O)CC1. The monoisotopic (exact) mass is 282 g/mol. The summed E-state index contributed by atoms with van der Waals surface area (Å²) in [6.45, 7) is 4.00. The highest BCUT2D eigenvalue weighted by Gasteiger charge is 2.23. The van der Waals surface area contributed by atoms with Crippen molar-refractivity contribution in [3.8, 4) is 0 Å². The van der Waals surface area contributed by atoms with Gasteiger partial charge in [0.2, 0.25) is 5.91 Å². The molecule has 2 aliphatic rings. The summed E-state index contributed by atoms with van der Waals surface area (Å²) in [5, 5.41) is 13.1. The van der Waals surface area contributed by atoms with E-state index in [2.05, 4.69) is 17.1 Å². The fourth-order valence-corrected chi connectivity index (χ4v) is 3.41. The molecule has 0 radical (unpaired) electrons. The molecule has 4 nitrogen and oxygen atoms in total. The second-order valence-corrected chi connectivity index (χ2v) is 6.57. The number of hydrogen-bond acceptors (Lipinski definition) is 3. The third-order valence-electron chi connectivity index (χ3n) is 4.66. The van der Waals surface area contributed by atoms with E-state index in [0.717, 1.165) is 51.6 Å². The first-order valence-corrected chi connectivity index (χ1v) is 8.37. The lowest BCUT2D eigenvalue weighted by atomic mass is 9.92. The van der Waals surface area contributed by atoms with Crippen molar-refractivity contribution in [1.82, 2.24) is 10.2 Å². The number of carbonyl (C=O) groups is 1. The summed E-state index contributed by atoms with van der Waals surface area (Å²) in [6, 6.07) is 0.719. The van der Waals surface area contributed by atoms with Crippen LogP contribution in [0.2, 0.25) is 0 Å². The number of aliphatic hydroxyl groups is 1. The van der Waals surface area contributed by atoms with Gasteiger partial charge in [-0.1, -0.05) is 12.8 Å². The van der Waals surface area contributed by atoms with Crippen LogP contribution in [0.1, 0.15) is 64.7 Å². The minimum absolute atomic E-state index is 0.109. The molecular weight excluding hydrogens is 252 g/mol. The van der Waals surface area contributed by atoms with Crippen molar-refractivity contribution in [2.24, 2.45) is 0 Å². The van der Waals surface area contributed by atoms with Crippen LogP contribution < -0.4 is 5.32 Å². The summed E-state index contributed by atoms with van der Waals surface area (Å²) in [4.78, 5) is 14.4. The third-order valence-corrected chi connectivity index (χ3v) is 4.66. The molecular formula is C16H30N2O2. The van der Waals surface area contributed by atoms with E-state index in [9.17, 15) is 9.90 Å². The van der Waals surface area contributed by atoms with Crippen LogP contribution in [0.3, 0.4) is 0 Å². The average molecular weight is 282 g/mol. The topological polar surface area (TPSA) is 52.6 Å². The highest BCUT2D eigenvalue weighted by molar-refractivity contribution is 5.76. The molecule has 0 aromatic rings. The molecule has 0 spiro atoms. The number of nitrogens with one attached hydrogen (secondary N) is 1. The molecule has 1 saturated carbocycles. The molecule has 2 fully saturated rings. The van der Waals surface area contributed by atoms with Gasteiger partial charge in [-0.25, -0.2) is 0 Å². The van der Waals surface area contributed by atoms with Crippen LogP contribution >= 0.6 is 0 Å². The molecule has 2 N–H and O–H groups in total. The lowest BCUT2D eigenvalue weighted by Crippen LogP contribution is -2.43. The second kappa shape index (κ2) is 7.99. The van der Waals surface area contributed by atoms with Crippen LogP contribution in [0.5, 0.6) is 0 Å². The molecule has 2 rings (SSSR count). The molecule has 1 atom stereocenters. The van der Waals surface area contributed by atoms with Crippen molar-refractivity contribution >= 4 is 5.91 Å². The summed E-state index contributed by atoms with van der Waals surface area (Å²) in [5.74, 6) is 0.308. The first-order valence-electron chi connectivity index (χ1n) is 8.37. The Morgan fingerprint density at radius 1 is 1.15 bits per heavy atom. The summed E-state index contributed by atoms with van der Waals surface area (Å²) in [6.07, 6.45) is 9.20. The third kappa shape index (κ3) is 5.06. The van der Waals surface area contributed by atoms with Crippen molar-refractivity contribution in [3.63, 3.8) is 0 Å². The minimum atomic E-state index is -0.109. The molecule has 1 aliphatic carbocycles. The number of rotatable bonds is 4. The Morgan fingerprint density at radius 3 is 2.35 bits per heavy atom. The fraction of sp³-hybridized carbons (Fsp3) is 0.938. The van der Waals surface area contributed by atoms with E-state index >= 15 is 0 Å². The van der Waals surface area contributed by atoms with Crippen molar-refractivity contribution in [2.45, 2.75) is 82.9 Å². The van der Waals surface area contributed by atoms with E-state index in [4.69, 9.17) is 0 Å². The van der Waals surface area contributed by atoms with Gasteiger partial charge < -0.3 is 15.3 Å². The maximum absolute atomic E-state index is 12.3. The molecule has 1 saturated heterocycles. The number of likely N-dealkylation sites (tertiary alicyclic amines) is 1. The van der Waals surface area contributed by atoms with Gasteiger partial charge in [-0.3, -0.25) is 4.79 Å². The molecule has 20 heavy (non-hydrogen) atoms. The van der Waals surface area contributed by atoms with Crippen molar-refractivity contribution < 1.29 is 9.90 Å². The maximum Gasteiger partial charge on any atom is 0.224 e. The number of hydrogen-bond donors (Lipinski definition) is 2. The lowest BCUT2D eigenvalue weighted by Gasteiger charge is -2.30. The molecule has 116 valence electrons. The van der Waals surface area contributed by atoms with Crippen molar-refractivity contribution in [3.05, 3.63) is 0 Å². The smallest absolute Gasteiger partial charge is 0.224 e. The molecule has 0 aromatic heterocycles. The van der Waals surface area contributed by atoms with Gasteiger partial charge in [0.05, 0.1) is 6.10 Å². The molecule has 0 aromatic carbocycles. The Balaban J connectivity index is 1.70. The van der Waals surface area contributed by atoms with Gasteiger partial charge in [0.1, 0.15) is 0 Å². The van der Waals surface area contributed by atoms with Gasteiger partial charge in [-0.2, -0.15) is 0 Å². The second-order valence-electron chi connectivity index (χ2n) is 6.57. The predicted molar refractivity (Wildman–Crippen MR) is 80.5 cm³/mol. The van der Waals surface area contributed by atoms with Gasteiger partial charge in [-0.15, -0.1) is 0 Å². The van der Waals surface area contributed by atoms with Crippen LogP contribution in [0.15, 0.2) is 0 Å². The van der Waals surface area contributed by atoms with E-state index in [1.54, 1.807) is 0 Å². The zero-order valence-electron chi connectivity index (χ0n) is 12.8. The summed E-state index contributed by atoms with van der Waals surface area (Å²) in [7, 11) is 0. The Kier molecular flexibility index (Phi) is 6.30. The first-order chi connectivity index (χ1) is 9.65. The van der Waals surface area contributed by atoms with E-state index in [1.165, 1.54) is 12.8 Å². The highest BCUT2D eigenvalue weighted by Crippen LogP contribution is 2.19. The Labute approximate surface area is 122 Å². The fourth-order valence-electron chi connectivity index (χ4n) is 3.41. The van der Waals surface area contributed by atoms with Gasteiger partial charge in [0, 0.05) is 31.6 Å². The van der Waals surface area contributed by atoms with Gasteiger partial charge in [-0.05, 0) is 45.4 Å². The minimum Gasteiger partial charge on any atom is -0.393 e. The number of nitrogens with zero attached hydrogens (tertiary/aromatic N) is 1. The predicted octanol–water partition coefficient (Wildman–Crippen LogP) is 2.06. The van der Waals surface area contributed by atoms with Crippen LogP contribution in [0.4, 0.5) is 0 Å². The Hall–Kier alpha value is -0.610. The zero-order chi connectivity index (χ0) is 14.4. The van der Waals surface area contributed by atoms with E-state index in [0.29, 0.717) is 18.4 Å². The Morgan fingerprint density at radius 2 is 1.75 bits per heavy atom. The van der Waals surface area contributed by atoms with Crippen LogP contribution in [-0.4, -0.2) is 47.2 Å². The highest BCUT2D eigenvalue weighted by atomic mass is 16.3. The molecule has 1 heterocycles. The molecule has 1 amide bonds. The lowest BCUT2D eigenvalue weighted by molar-refractivity contribution is -0.131. The molecule has 4 heteroatoms. The van der Waals surface area contributed by atoms with E-state index in [1.807, 2.05) is 0 Å². The van der Waals surface area contributed by atoms with Gasteiger partial charge in [0.15, 0.2) is 0 Å². The van der Waals surface area contributed by atoms with Gasteiger partial charge >= 0.3 is 0 Å². The number of amides is 1. The largest absolute Gasteiger partial charge is 0.393 e. The number of carbonyl (C=O) groups excluding carboxylic acids is 1. The quantitative estimate of drug-likeness (QED) is 0.830. The molecule has 0 bridgehead atoms. The molecule has 1 unspecified atom stereocenters. The summed E-state index contributed by atoms with van der Waals surface area (Å²) in [5.41, 5.74) is 0.